The number of nitrogens with zero attached hydrogens (tertiary/aromatic N) is 3. The Morgan fingerprint density at radius 1 is 1.28 bits per heavy atom. The molecule has 29 heavy (non-hydrogen) atoms. The lowest BCUT2D eigenvalue weighted by molar-refractivity contribution is -0.120. The summed E-state index contributed by atoms with van der Waals surface area (Å²) < 4.78 is 7.45. The van der Waals surface area contributed by atoms with Crippen LogP contribution in [-0.4, -0.2) is 25.9 Å². The molecule has 1 atom stereocenters. The van der Waals surface area contributed by atoms with Crippen molar-refractivity contribution in [2.75, 3.05) is 0 Å². The van der Waals surface area contributed by atoms with Gasteiger partial charge in [0.05, 0.1) is 23.1 Å². The highest BCUT2D eigenvalue weighted by molar-refractivity contribution is 8.00. The molecule has 2 heterocycles. The first-order valence-electron chi connectivity index (χ1n) is 9.80. The van der Waals surface area contributed by atoms with Crippen LogP contribution in [0.3, 0.4) is 0 Å². The molecule has 3 aromatic rings. The van der Waals surface area contributed by atoms with Crippen molar-refractivity contribution in [2.24, 2.45) is 0 Å². The first kappa shape index (κ1) is 20.0. The van der Waals surface area contributed by atoms with Crippen LogP contribution in [-0.2, 0) is 11.3 Å². The molecular formula is C21H23ClN4O2S. The number of nitrogens with one attached hydrogen (secondary N) is 1. The molecule has 0 radical (unpaired) electrons. The molecule has 1 saturated carbocycles. The Bertz CT molecular complexity index is 967. The summed E-state index contributed by atoms with van der Waals surface area (Å²) in [6.07, 6.45) is 6.15. The summed E-state index contributed by atoms with van der Waals surface area (Å²) in [5.74, 6) is 1.44. The zero-order valence-corrected chi connectivity index (χ0v) is 17.7. The number of carbonyl (C=O) groups is 1. The summed E-state index contributed by atoms with van der Waals surface area (Å²) in [7, 11) is 0. The number of rotatable bonds is 7. The van der Waals surface area contributed by atoms with Crippen LogP contribution in [0, 0.1) is 0 Å². The predicted octanol–water partition coefficient (Wildman–Crippen LogP) is 5.10. The number of amides is 1. The summed E-state index contributed by atoms with van der Waals surface area (Å²) in [4.78, 5) is 12.6. The molecule has 0 unspecified atom stereocenters. The van der Waals surface area contributed by atoms with Crippen molar-refractivity contribution in [1.29, 1.82) is 0 Å². The third-order valence-corrected chi connectivity index (χ3v) is 6.52. The largest absolute Gasteiger partial charge is 0.467 e. The predicted molar refractivity (Wildman–Crippen MR) is 114 cm³/mol. The molecule has 1 fully saturated rings. The molecule has 4 rings (SSSR count). The summed E-state index contributed by atoms with van der Waals surface area (Å²) in [6.45, 7) is 2.25. The van der Waals surface area contributed by atoms with Gasteiger partial charge in [-0.25, -0.2) is 0 Å². The molecule has 0 aliphatic heterocycles. The minimum atomic E-state index is -0.312. The highest BCUT2D eigenvalue weighted by atomic mass is 35.5. The summed E-state index contributed by atoms with van der Waals surface area (Å²) >= 11 is 7.86. The van der Waals surface area contributed by atoms with E-state index in [-0.39, 0.29) is 11.2 Å². The summed E-state index contributed by atoms with van der Waals surface area (Å²) in [5.41, 5.74) is 0.871. The summed E-state index contributed by atoms with van der Waals surface area (Å²) in [5, 5.41) is 12.9. The van der Waals surface area contributed by atoms with Gasteiger partial charge in [0, 0.05) is 11.6 Å². The molecule has 0 bridgehead atoms. The van der Waals surface area contributed by atoms with Crippen LogP contribution in [0.2, 0.25) is 5.02 Å². The zero-order chi connectivity index (χ0) is 20.2. The highest BCUT2D eigenvalue weighted by Gasteiger charge is 2.27. The van der Waals surface area contributed by atoms with Gasteiger partial charge in [0.2, 0.25) is 5.91 Å². The van der Waals surface area contributed by atoms with Gasteiger partial charge in [0.25, 0.3) is 0 Å². The third kappa shape index (κ3) is 4.51. The Balaban J connectivity index is 1.55. The van der Waals surface area contributed by atoms with Gasteiger partial charge in [-0.3, -0.25) is 9.36 Å². The fourth-order valence-corrected chi connectivity index (χ4v) is 4.78. The Hall–Kier alpha value is -2.25. The zero-order valence-electron chi connectivity index (χ0n) is 16.2. The van der Waals surface area contributed by atoms with Crippen LogP contribution in [0.1, 0.15) is 44.4 Å². The van der Waals surface area contributed by atoms with E-state index in [4.69, 9.17) is 16.0 Å². The topological polar surface area (TPSA) is 73.0 Å². The van der Waals surface area contributed by atoms with Gasteiger partial charge >= 0.3 is 0 Å². The van der Waals surface area contributed by atoms with Crippen molar-refractivity contribution >= 4 is 29.3 Å². The Morgan fingerprint density at radius 2 is 2.07 bits per heavy atom. The summed E-state index contributed by atoms with van der Waals surface area (Å²) in [6, 6.07) is 11.7. The lowest BCUT2D eigenvalue weighted by atomic mass is 10.2. The third-order valence-electron chi connectivity index (χ3n) is 5.14. The number of carbonyl (C=O) groups excluding carboxylic acids is 1. The van der Waals surface area contributed by atoms with E-state index < -0.39 is 0 Å². The molecule has 1 amide bonds. The molecule has 1 aromatic carbocycles. The van der Waals surface area contributed by atoms with Crippen LogP contribution in [0.25, 0.3) is 11.4 Å². The maximum absolute atomic E-state index is 12.6. The van der Waals surface area contributed by atoms with E-state index in [0.717, 1.165) is 35.1 Å². The monoisotopic (exact) mass is 430 g/mol. The Labute approximate surface area is 179 Å². The number of benzene rings is 1. The van der Waals surface area contributed by atoms with Crippen LogP contribution < -0.4 is 5.32 Å². The fourth-order valence-electron chi connectivity index (χ4n) is 3.62. The van der Waals surface area contributed by atoms with Crippen LogP contribution in [0.4, 0.5) is 0 Å². The highest BCUT2D eigenvalue weighted by Crippen LogP contribution is 2.38. The van der Waals surface area contributed by atoms with Crippen LogP contribution >= 0.6 is 23.4 Å². The van der Waals surface area contributed by atoms with E-state index in [9.17, 15) is 4.79 Å². The van der Waals surface area contributed by atoms with Crippen molar-refractivity contribution in [1.82, 2.24) is 20.1 Å². The minimum Gasteiger partial charge on any atom is -0.467 e. The second kappa shape index (κ2) is 9.05. The normalized spacial score (nSPS) is 15.5. The van der Waals surface area contributed by atoms with Gasteiger partial charge in [-0.2, -0.15) is 0 Å². The maximum Gasteiger partial charge on any atom is 0.233 e. The standard InChI is InChI=1S/C21H23ClN4O2S/c1-14(20(27)23-13-16-9-6-12-28-16)29-21-25-24-19(17-10-4-5-11-18(17)22)26(21)15-7-2-3-8-15/h4-6,9-12,14-15H,2-3,7-8,13H2,1H3,(H,23,27)/t14-/m1/s1. The smallest absolute Gasteiger partial charge is 0.233 e. The van der Waals surface area contributed by atoms with Gasteiger partial charge in [-0.05, 0) is 44.0 Å². The number of halogens is 1. The maximum atomic E-state index is 12.6. The lowest BCUT2D eigenvalue weighted by Gasteiger charge is -2.18. The SMILES string of the molecule is C[C@@H](Sc1nnc(-c2ccccc2Cl)n1C1CCCC1)C(=O)NCc1ccco1. The molecular weight excluding hydrogens is 408 g/mol. The van der Waals surface area contributed by atoms with Gasteiger partial charge in [-0.15, -0.1) is 10.2 Å². The van der Waals surface area contributed by atoms with E-state index in [0.29, 0.717) is 17.6 Å². The van der Waals surface area contributed by atoms with Crippen molar-refractivity contribution in [3.63, 3.8) is 0 Å². The van der Waals surface area contributed by atoms with Crippen LogP contribution in [0.5, 0.6) is 0 Å². The van der Waals surface area contributed by atoms with Crippen molar-refractivity contribution in [3.8, 4) is 11.4 Å². The van der Waals surface area contributed by atoms with E-state index in [1.54, 1.807) is 12.3 Å². The first-order valence-corrected chi connectivity index (χ1v) is 11.1. The van der Waals surface area contributed by atoms with Gasteiger partial charge < -0.3 is 9.73 Å². The number of hydrogen-bond donors (Lipinski definition) is 1. The minimum absolute atomic E-state index is 0.0633. The number of hydrogen-bond acceptors (Lipinski definition) is 5. The average Bonchev–Trinajstić information content (AvgIpc) is 3.48. The van der Waals surface area contributed by atoms with Crippen molar-refractivity contribution in [3.05, 3.63) is 53.4 Å². The van der Waals surface area contributed by atoms with E-state index >= 15 is 0 Å². The van der Waals surface area contributed by atoms with Gasteiger partial charge in [0.1, 0.15) is 5.76 Å². The molecule has 0 spiro atoms. The van der Waals surface area contributed by atoms with E-state index in [1.807, 2.05) is 37.3 Å². The number of aromatic nitrogens is 3. The van der Waals surface area contributed by atoms with Crippen molar-refractivity contribution < 1.29 is 9.21 Å². The van der Waals surface area contributed by atoms with E-state index in [1.165, 1.54) is 24.6 Å². The molecule has 152 valence electrons. The molecule has 2 aromatic heterocycles. The second-order valence-electron chi connectivity index (χ2n) is 7.15. The fraction of sp³-hybridized carbons (Fsp3) is 0.381. The number of furan rings is 1. The molecule has 1 aliphatic rings. The van der Waals surface area contributed by atoms with Gasteiger partial charge in [0.15, 0.2) is 11.0 Å². The Morgan fingerprint density at radius 3 is 2.79 bits per heavy atom. The van der Waals surface area contributed by atoms with Crippen LogP contribution in [0.15, 0.2) is 52.2 Å². The van der Waals surface area contributed by atoms with Crippen molar-refractivity contribution in [2.45, 2.75) is 55.6 Å². The molecule has 1 aliphatic carbocycles. The molecule has 8 heteroatoms. The average molecular weight is 431 g/mol. The molecule has 0 saturated heterocycles. The molecule has 6 nitrogen and oxygen atoms in total. The lowest BCUT2D eigenvalue weighted by Crippen LogP contribution is -2.30. The quantitative estimate of drug-likeness (QED) is 0.527. The first-order chi connectivity index (χ1) is 14.1. The molecule has 1 N–H and O–H groups in total. The van der Waals surface area contributed by atoms with E-state index in [2.05, 4.69) is 20.1 Å². The Kier molecular flexibility index (Phi) is 6.25. The number of thioether (sulfide) groups is 1. The van der Waals surface area contributed by atoms with Gasteiger partial charge in [-0.1, -0.05) is 48.3 Å². The second-order valence-corrected chi connectivity index (χ2v) is 8.87.